The molecule has 0 heterocycles. The fourth-order valence-electron chi connectivity index (χ4n) is 1.81. The van der Waals surface area contributed by atoms with E-state index in [1.807, 2.05) is 65.8 Å². The molecule has 4 nitrogen and oxygen atoms in total. The standard InChI is InChI=1S/C15H26ClNO3Si/c1-11(2)18-21(19-12(3)4,20-13(5)6)17-15-9-7-14(16)8-10-15/h7-13,17H,1-6H3. The first-order valence-electron chi connectivity index (χ1n) is 7.29. The lowest BCUT2D eigenvalue weighted by Gasteiger charge is -2.34. The maximum Gasteiger partial charge on any atom is 0.631 e. The fraction of sp³-hybridized carbons (Fsp3) is 0.600. The minimum absolute atomic E-state index is 0.00559. The van der Waals surface area contributed by atoms with Crippen molar-refractivity contribution in [2.24, 2.45) is 0 Å². The van der Waals surface area contributed by atoms with E-state index in [1.54, 1.807) is 0 Å². The number of anilines is 1. The van der Waals surface area contributed by atoms with E-state index in [2.05, 4.69) is 4.98 Å². The average molecular weight is 332 g/mol. The van der Waals surface area contributed by atoms with Crippen LogP contribution >= 0.6 is 11.6 Å². The minimum Gasteiger partial charge on any atom is -0.354 e. The molecule has 0 aliphatic rings. The Morgan fingerprint density at radius 3 is 1.52 bits per heavy atom. The Bertz CT molecular complexity index is 397. The van der Waals surface area contributed by atoms with E-state index in [4.69, 9.17) is 24.9 Å². The number of hydrogen-bond acceptors (Lipinski definition) is 4. The maximum absolute atomic E-state index is 6.04. The molecule has 1 aromatic carbocycles. The van der Waals surface area contributed by atoms with Crippen LogP contribution < -0.4 is 4.98 Å². The number of rotatable bonds is 8. The van der Waals surface area contributed by atoms with Crippen molar-refractivity contribution < 1.29 is 13.3 Å². The normalized spacial score (nSPS) is 12.5. The monoisotopic (exact) mass is 331 g/mol. The summed E-state index contributed by atoms with van der Waals surface area (Å²) in [5, 5.41) is 0.687. The van der Waals surface area contributed by atoms with Gasteiger partial charge in [-0.1, -0.05) is 11.6 Å². The molecule has 0 saturated heterocycles. The Kier molecular flexibility index (Phi) is 7.16. The topological polar surface area (TPSA) is 39.7 Å². The quantitative estimate of drug-likeness (QED) is 0.714. The summed E-state index contributed by atoms with van der Waals surface area (Å²) in [6.07, 6.45) is -0.0168. The number of hydrogen-bond donors (Lipinski definition) is 1. The first kappa shape index (κ1) is 18.5. The molecule has 0 unspecified atom stereocenters. The van der Waals surface area contributed by atoms with Crippen LogP contribution in [0.1, 0.15) is 41.5 Å². The third-order valence-electron chi connectivity index (χ3n) is 2.31. The van der Waals surface area contributed by atoms with Crippen molar-refractivity contribution in [1.82, 2.24) is 0 Å². The van der Waals surface area contributed by atoms with E-state index < -0.39 is 8.97 Å². The molecular formula is C15H26ClNO3Si. The predicted molar refractivity (Wildman–Crippen MR) is 89.5 cm³/mol. The SMILES string of the molecule is CC(C)O[Si](Nc1ccc(Cl)cc1)(OC(C)C)OC(C)C. The Labute approximate surface area is 134 Å². The van der Waals surface area contributed by atoms with Crippen LogP contribution in [-0.2, 0) is 13.3 Å². The number of halogens is 1. The first-order valence-corrected chi connectivity index (χ1v) is 9.40. The van der Waals surface area contributed by atoms with E-state index in [-0.39, 0.29) is 18.3 Å². The highest BCUT2D eigenvalue weighted by molar-refractivity contribution is 6.64. The summed E-state index contributed by atoms with van der Waals surface area (Å²) in [7, 11) is -3.04. The van der Waals surface area contributed by atoms with Crippen molar-refractivity contribution in [3.8, 4) is 0 Å². The molecule has 0 amide bonds. The zero-order chi connectivity index (χ0) is 16.0. The largest absolute Gasteiger partial charge is 0.631 e. The van der Waals surface area contributed by atoms with Gasteiger partial charge in [-0.2, -0.15) is 0 Å². The Balaban J connectivity index is 3.03. The van der Waals surface area contributed by atoms with Crippen LogP contribution in [0.5, 0.6) is 0 Å². The van der Waals surface area contributed by atoms with E-state index >= 15 is 0 Å². The molecule has 0 saturated carbocycles. The van der Waals surface area contributed by atoms with Gasteiger partial charge in [-0.3, -0.25) is 0 Å². The lowest BCUT2D eigenvalue weighted by molar-refractivity contribution is 0.00913. The van der Waals surface area contributed by atoms with Crippen LogP contribution in [0.15, 0.2) is 24.3 Å². The molecule has 1 rings (SSSR count). The zero-order valence-electron chi connectivity index (χ0n) is 13.6. The highest BCUT2D eigenvalue weighted by Gasteiger charge is 2.46. The Morgan fingerprint density at radius 1 is 0.810 bits per heavy atom. The van der Waals surface area contributed by atoms with Gasteiger partial charge in [-0.25, -0.2) is 0 Å². The summed E-state index contributed by atoms with van der Waals surface area (Å²) < 4.78 is 18.1. The first-order chi connectivity index (χ1) is 9.72. The summed E-state index contributed by atoms with van der Waals surface area (Å²) in [4.78, 5) is 3.33. The number of nitrogens with one attached hydrogen (secondary N) is 1. The summed E-state index contributed by atoms with van der Waals surface area (Å²) in [6.45, 7) is 11.8. The second-order valence-corrected chi connectivity index (χ2v) is 8.19. The molecule has 0 aliphatic heterocycles. The zero-order valence-corrected chi connectivity index (χ0v) is 15.4. The van der Waals surface area contributed by atoms with E-state index in [0.29, 0.717) is 5.02 Å². The van der Waals surface area contributed by atoms with Gasteiger partial charge in [0.1, 0.15) is 0 Å². The van der Waals surface area contributed by atoms with Crippen molar-refractivity contribution in [3.05, 3.63) is 29.3 Å². The highest BCUT2D eigenvalue weighted by Crippen LogP contribution is 2.22. The molecular weight excluding hydrogens is 306 g/mol. The Morgan fingerprint density at radius 2 is 1.19 bits per heavy atom. The molecule has 0 radical (unpaired) electrons. The molecule has 0 aliphatic carbocycles. The summed E-state index contributed by atoms with van der Waals surface area (Å²) in [5.74, 6) is 0. The van der Waals surface area contributed by atoms with Gasteiger partial charge in [-0.05, 0) is 65.8 Å². The molecule has 0 atom stereocenters. The van der Waals surface area contributed by atoms with Gasteiger partial charge < -0.3 is 18.3 Å². The van der Waals surface area contributed by atoms with E-state index in [1.165, 1.54) is 0 Å². The smallest absolute Gasteiger partial charge is 0.354 e. The van der Waals surface area contributed by atoms with Gasteiger partial charge in [0.2, 0.25) is 0 Å². The highest BCUT2D eigenvalue weighted by atomic mass is 35.5. The van der Waals surface area contributed by atoms with E-state index in [0.717, 1.165) is 5.69 Å². The lowest BCUT2D eigenvalue weighted by atomic mass is 10.3. The lowest BCUT2D eigenvalue weighted by Crippen LogP contribution is -2.57. The minimum atomic E-state index is -3.04. The van der Waals surface area contributed by atoms with Gasteiger partial charge >= 0.3 is 8.97 Å². The van der Waals surface area contributed by atoms with Crippen LogP contribution in [0, 0.1) is 0 Å². The molecule has 1 N–H and O–H groups in total. The third kappa shape index (κ3) is 6.80. The summed E-state index contributed by atoms with van der Waals surface area (Å²) >= 11 is 5.93. The number of benzene rings is 1. The molecule has 0 aromatic heterocycles. The second kappa shape index (κ2) is 8.15. The van der Waals surface area contributed by atoms with Crippen LogP contribution in [0.25, 0.3) is 0 Å². The summed E-state index contributed by atoms with van der Waals surface area (Å²) in [6, 6.07) is 7.43. The average Bonchev–Trinajstić information content (AvgIpc) is 2.29. The van der Waals surface area contributed by atoms with Gasteiger partial charge in [0.25, 0.3) is 0 Å². The van der Waals surface area contributed by atoms with Crippen molar-refractivity contribution in [2.75, 3.05) is 4.98 Å². The van der Waals surface area contributed by atoms with Crippen LogP contribution in [0.4, 0.5) is 5.69 Å². The van der Waals surface area contributed by atoms with Crippen LogP contribution in [0.2, 0.25) is 5.02 Å². The van der Waals surface area contributed by atoms with E-state index in [9.17, 15) is 0 Å². The second-order valence-electron chi connectivity index (χ2n) is 5.69. The van der Waals surface area contributed by atoms with Crippen molar-refractivity contribution in [2.45, 2.75) is 59.9 Å². The van der Waals surface area contributed by atoms with Gasteiger partial charge in [0.05, 0.1) is 0 Å². The Hall–Kier alpha value is -0.593. The molecule has 0 fully saturated rings. The molecule has 1 aromatic rings. The van der Waals surface area contributed by atoms with Gasteiger partial charge in [-0.15, -0.1) is 0 Å². The van der Waals surface area contributed by atoms with Gasteiger partial charge in [0.15, 0.2) is 0 Å². The van der Waals surface area contributed by atoms with Crippen LogP contribution in [-0.4, -0.2) is 27.3 Å². The van der Waals surface area contributed by atoms with Crippen molar-refractivity contribution in [3.63, 3.8) is 0 Å². The van der Waals surface area contributed by atoms with Gasteiger partial charge in [0, 0.05) is 29.0 Å². The maximum atomic E-state index is 6.04. The fourth-order valence-corrected chi connectivity index (χ4v) is 4.66. The predicted octanol–water partition coefficient (Wildman–Crippen LogP) is 4.46. The van der Waals surface area contributed by atoms with Crippen molar-refractivity contribution >= 4 is 26.3 Å². The summed E-state index contributed by atoms with van der Waals surface area (Å²) in [5.41, 5.74) is 0.869. The molecule has 120 valence electrons. The third-order valence-corrected chi connectivity index (χ3v) is 5.51. The molecule has 0 bridgehead atoms. The van der Waals surface area contributed by atoms with Crippen molar-refractivity contribution in [1.29, 1.82) is 0 Å². The molecule has 21 heavy (non-hydrogen) atoms. The molecule has 0 spiro atoms. The van der Waals surface area contributed by atoms with Crippen LogP contribution in [0.3, 0.4) is 0 Å². The molecule has 6 heteroatoms.